The lowest BCUT2D eigenvalue weighted by atomic mass is 10.0. The van der Waals surface area contributed by atoms with Crippen molar-refractivity contribution < 1.29 is 4.57 Å². The molecule has 20 heavy (non-hydrogen) atoms. The molecular weight excluding hydrogens is 263 g/mol. The Morgan fingerprint density at radius 1 is 0.900 bits per heavy atom. The molecule has 0 saturated heterocycles. The minimum Gasteiger partial charge on any atom is -0.318 e. The summed E-state index contributed by atoms with van der Waals surface area (Å²) in [5, 5.41) is 1.40. The summed E-state index contributed by atoms with van der Waals surface area (Å²) in [6.07, 6.45) is 21.9. The fourth-order valence-corrected chi connectivity index (χ4v) is 8.87. The van der Waals surface area contributed by atoms with E-state index in [0.29, 0.717) is 11.3 Å². The van der Waals surface area contributed by atoms with Crippen molar-refractivity contribution in [2.45, 2.75) is 88.4 Å². The summed E-state index contributed by atoms with van der Waals surface area (Å²) in [7, 11) is -2.17. The first-order valence-electron chi connectivity index (χ1n) is 8.77. The highest BCUT2D eigenvalue weighted by molar-refractivity contribution is 7.69. The third kappa shape index (κ3) is 2.84. The molecule has 2 atom stereocenters. The average molecular weight is 292 g/mol. The highest BCUT2D eigenvalue weighted by atomic mass is 31.2. The van der Waals surface area contributed by atoms with Gasteiger partial charge in [-0.05, 0) is 63.1 Å². The first-order chi connectivity index (χ1) is 9.82. The zero-order chi connectivity index (χ0) is 13.8. The Bertz CT molecular complexity index is 429. The Hall–Kier alpha value is -0.290. The van der Waals surface area contributed by atoms with Crippen LogP contribution < -0.4 is 0 Å². The molecule has 0 aromatic heterocycles. The normalized spacial score (nSPS) is 31.6. The van der Waals surface area contributed by atoms with Crippen LogP contribution in [-0.2, 0) is 4.57 Å². The second kappa shape index (κ2) is 6.65. The second-order valence-corrected chi connectivity index (χ2v) is 10.3. The van der Waals surface area contributed by atoms with Gasteiger partial charge in [-0.25, -0.2) is 0 Å². The van der Waals surface area contributed by atoms with E-state index in [1.165, 1.54) is 75.9 Å². The maximum Gasteiger partial charge on any atom is 0.120 e. The van der Waals surface area contributed by atoms with Crippen molar-refractivity contribution >= 4 is 7.14 Å². The maximum atomic E-state index is 14.2. The van der Waals surface area contributed by atoms with E-state index in [4.69, 9.17) is 0 Å². The van der Waals surface area contributed by atoms with Gasteiger partial charge in [-0.3, -0.25) is 0 Å². The van der Waals surface area contributed by atoms with Crippen molar-refractivity contribution in [2.75, 3.05) is 0 Å². The van der Waals surface area contributed by atoms with Crippen LogP contribution in [0.1, 0.15) is 77.0 Å². The van der Waals surface area contributed by atoms with Crippen molar-refractivity contribution in [1.82, 2.24) is 0 Å². The van der Waals surface area contributed by atoms with E-state index in [1.807, 2.05) is 0 Å². The zero-order valence-corrected chi connectivity index (χ0v) is 13.6. The maximum absolute atomic E-state index is 14.2. The summed E-state index contributed by atoms with van der Waals surface area (Å²) in [5.41, 5.74) is 0.886. The van der Waals surface area contributed by atoms with E-state index in [2.05, 4.69) is 18.2 Å². The molecule has 0 bridgehead atoms. The van der Waals surface area contributed by atoms with Crippen molar-refractivity contribution in [3.63, 3.8) is 0 Å². The van der Waals surface area contributed by atoms with Crippen LogP contribution in [0.25, 0.3) is 0 Å². The van der Waals surface area contributed by atoms with Crippen LogP contribution >= 0.6 is 7.14 Å². The van der Waals surface area contributed by atoms with Crippen molar-refractivity contribution in [1.29, 1.82) is 0 Å². The van der Waals surface area contributed by atoms with E-state index in [9.17, 15) is 4.57 Å². The fraction of sp³-hybridized carbons (Fsp3) is 0.778. The van der Waals surface area contributed by atoms with Gasteiger partial charge >= 0.3 is 0 Å². The van der Waals surface area contributed by atoms with Crippen LogP contribution in [-0.4, -0.2) is 11.3 Å². The largest absolute Gasteiger partial charge is 0.318 e. The number of rotatable bonds is 3. The Morgan fingerprint density at radius 3 is 2.40 bits per heavy atom. The molecule has 0 amide bonds. The highest BCUT2D eigenvalue weighted by Crippen LogP contribution is 2.68. The van der Waals surface area contributed by atoms with Crippen molar-refractivity contribution in [3.8, 4) is 0 Å². The van der Waals surface area contributed by atoms with E-state index >= 15 is 0 Å². The first-order valence-corrected chi connectivity index (χ1v) is 10.6. The summed E-state index contributed by atoms with van der Waals surface area (Å²) in [6, 6.07) is 0. The van der Waals surface area contributed by atoms with E-state index in [-0.39, 0.29) is 0 Å². The van der Waals surface area contributed by atoms with Gasteiger partial charge in [0.2, 0.25) is 0 Å². The molecule has 0 spiro atoms. The quantitative estimate of drug-likeness (QED) is 0.444. The standard InChI is InChI=1S/C18H29OP/c19-20(16-10-4-1-5-11-16,17-12-6-2-7-13-17)18-14-8-3-9-15-18/h4,10,12,16,18H,1-3,5-9,11,13-15H2. The molecule has 1 nitrogen and oxygen atoms in total. The number of allylic oxidation sites excluding steroid dienone is 4. The molecule has 3 aliphatic carbocycles. The van der Waals surface area contributed by atoms with Crippen LogP contribution in [0.15, 0.2) is 23.5 Å². The molecule has 0 N–H and O–H groups in total. The smallest absolute Gasteiger partial charge is 0.120 e. The topological polar surface area (TPSA) is 17.1 Å². The fourth-order valence-electron chi connectivity index (χ4n) is 4.44. The van der Waals surface area contributed by atoms with Gasteiger partial charge in [0.25, 0.3) is 0 Å². The van der Waals surface area contributed by atoms with Gasteiger partial charge in [-0.2, -0.15) is 0 Å². The minimum absolute atomic E-state index is 0.378. The van der Waals surface area contributed by atoms with Crippen LogP contribution in [0.5, 0.6) is 0 Å². The third-order valence-electron chi connectivity index (χ3n) is 5.55. The third-order valence-corrected chi connectivity index (χ3v) is 9.88. The molecule has 1 fully saturated rings. The lowest BCUT2D eigenvalue weighted by Crippen LogP contribution is -2.23. The number of hydrogen-bond donors (Lipinski definition) is 0. The van der Waals surface area contributed by atoms with Gasteiger partial charge in [0.05, 0.1) is 0 Å². The molecule has 0 radical (unpaired) electrons. The zero-order valence-electron chi connectivity index (χ0n) is 12.7. The Labute approximate surface area is 124 Å². The predicted octanol–water partition coefficient (Wildman–Crippen LogP) is 6.25. The Morgan fingerprint density at radius 2 is 1.75 bits per heavy atom. The molecule has 3 aliphatic rings. The van der Waals surface area contributed by atoms with Gasteiger partial charge in [0.1, 0.15) is 7.14 Å². The molecule has 2 heteroatoms. The summed E-state index contributed by atoms with van der Waals surface area (Å²) in [5.74, 6) is 0. The summed E-state index contributed by atoms with van der Waals surface area (Å²) in [6.45, 7) is 0. The van der Waals surface area contributed by atoms with Gasteiger partial charge < -0.3 is 4.57 Å². The van der Waals surface area contributed by atoms with E-state index in [1.54, 1.807) is 0 Å². The van der Waals surface area contributed by atoms with Crippen molar-refractivity contribution in [2.24, 2.45) is 0 Å². The lowest BCUT2D eigenvalue weighted by Gasteiger charge is -2.39. The van der Waals surface area contributed by atoms with Gasteiger partial charge in [-0.15, -0.1) is 0 Å². The molecular formula is C18H29OP. The molecule has 0 aliphatic heterocycles. The molecule has 0 heterocycles. The van der Waals surface area contributed by atoms with Gasteiger partial charge in [0.15, 0.2) is 0 Å². The van der Waals surface area contributed by atoms with Gasteiger partial charge in [-0.1, -0.05) is 37.5 Å². The monoisotopic (exact) mass is 292 g/mol. The molecule has 1 saturated carbocycles. The van der Waals surface area contributed by atoms with Crippen LogP contribution in [0.4, 0.5) is 0 Å². The van der Waals surface area contributed by atoms with E-state index < -0.39 is 7.14 Å². The Kier molecular flexibility index (Phi) is 4.87. The molecule has 2 unspecified atom stereocenters. The Balaban J connectivity index is 1.92. The minimum atomic E-state index is -2.17. The highest BCUT2D eigenvalue weighted by Gasteiger charge is 2.42. The summed E-state index contributed by atoms with van der Waals surface area (Å²) in [4.78, 5) is 0. The average Bonchev–Trinajstić information content (AvgIpc) is 2.56. The second-order valence-electron chi connectivity index (χ2n) is 6.87. The van der Waals surface area contributed by atoms with Crippen LogP contribution in [0.2, 0.25) is 0 Å². The summed E-state index contributed by atoms with van der Waals surface area (Å²) < 4.78 is 14.2. The van der Waals surface area contributed by atoms with Crippen molar-refractivity contribution in [3.05, 3.63) is 23.5 Å². The number of hydrogen-bond acceptors (Lipinski definition) is 1. The molecule has 0 aromatic carbocycles. The molecule has 112 valence electrons. The molecule has 3 rings (SSSR count). The lowest BCUT2D eigenvalue weighted by molar-refractivity contribution is 0.477. The van der Waals surface area contributed by atoms with Crippen LogP contribution in [0, 0.1) is 0 Å². The van der Waals surface area contributed by atoms with E-state index in [0.717, 1.165) is 6.42 Å². The molecule has 0 aromatic rings. The summed E-state index contributed by atoms with van der Waals surface area (Å²) >= 11 is 0. The van der Waals surface area contributed by atoms with Crippen LogP contribution in [0.3, 0.4) is 0 Å². The SMILES string of the molecule is O=P(C1=CCCCC1)(C1C=CCCC1)C1CCCCC1. The first kappa shape index (κ1) is 14.6. The van der Waals surface area contributed by atoms with Gasteiger partial charge in [0, 0.05) is 11.3 Å². The predicted molar refractivity (Wildman–Crippen MR) is 87.8 cm³/mol.